The van der Waals surface area contributed by atoms with Crippen LogP contribution in [0.3, 0.4) is 0 Å². The van der Waals surface area contributed by atoms with Crippen molar-refractivity contribution in [3.05, 3.63) is 51.0 Å². The number of aryl methyl sites for hydroxylation is 1. The fourth-order valence-corrected chi connectivity index (χ4v) is 2.43. The molecule has 0 fully saturated rings. The lowest BCUT2D eigenvalue weighted by Gasteiger charge is -2.14. The average Bonchev–Trinajstić information content (AvgIpc) is 2.61. The van der Waals surface area contributed by atoms with Crippen LogP contribution >= 0.6 is 11.6 Å². The number of nitrogens with one attached hydrogen (secondary N) is 1. The van der Waals surface area contributed by atoms with E-state index in [-0.39, 0.29) is 12.3 Å². The molecule has 0 aliphatic carbocycles. The van der Waals surface area contributed by atoms with Crippen molar-refractivity contribution in [3.8, 4) is 17.2 Å². The number of hydrogen-bond acceptors (Lipinski definition) is 6. The number of carbonyl (C=O) groups is 1. The first-order valence-electron chi connectivity index (χ1n) is 7.45. The molecule has 2 aromatic rings. The zero-order valence-electron chi connectivity index (χ0n) is 14.4. The van der Waals surface area contributed by atoms with E-state index in [0.29, 0.717) is 33.5 Å². The highest BCUT2D eigenvalue weighted by Gasteiger charge is 2.14. The molecule has 0 saturated heterocycles. The number of nitro benzene ring substituents is 1. The zero-order chi connectivity index (χ0) is 19.3. The van der Waals surface area contributed by atoms with Crippen molar-refractivity contribution in [3.63, 3.8) is 0 Å². The summed E-state index contributed by atoms with van der Waals surface area (Å²) in [5.74, 6) is 0.697. The largest absolute Gasteiger partial charge is 0.495 e. The van der Waals surface area contributed by atoms with Gasteiger partial charge in [0.15, 0.2) is 6.61 Å². The molecule has 0 heterocycles. The van der Waals surface area contributed by atoms with Crippen LogP contribution in [0.25, 0.3) is 0 Å². The monoisotopic (exact) mass is 380 g/mol. The smallest absolute Gasteiger partial charge is 0.269 e. The summed E-state index contributed by atoms with van der Waals surface area (Å²) in [4.78, 5) is 22.4. The summed E-state index contributed by atoms with van der Waals surface area (Å²) < 4.78 is 15.7. The van der Waals surface area contributed by atoms with Gasteiger partial charge in [-0.15, -0.1) is 0 Å². The zero-order valence-corrected chi connectivity index (χ0v) is 15.1. The van der Waals surface area contributed by atoms with Gasteiger partial charge >= 0.3 is 0 Å². The van der Waals surface area contributed by atoms with Crippen LogP contribution in [0.2, 0.25) is 5.02 Å². The summed E-state index contributed by atoms with van der Waals surface area (Å²) in [5, 5.41) is 13.7. The van der Waals surface area contributed by atoms with Gasteiger partial charge in [-0.1, -0.05) is 11.6 Å². The molecule has 1 N–H and O–H groups in total. The third-order valence-corrected chi connectivity index (χ3v) is 3.77. The summed E-state index contributed by atoms with van der Waals surface area (Å²) >= 11 is 6.02. The van der Waals surface area contributed by atoms with Crippen LogP contribution in [0.1, 0.15) is 5.56 Å². The number of amides is 1. The number of anilines is 1. The average molecular weight is 381 g/mol. The van der Waals surface area contributed by atoms with Crippen LogP contribution in [-0.2, 0) is 4.79 Å². The van der Waals surface area contributed by atoms with E-state index in [1.165, 1.54) is 44.6 Å². The summed E-state index contributed by atoms with van der Waals surface area (Å²) in [6, 6.07) is 7.20. The Morgan fingerprint density at radius 1 is 1.15 bits per heavy atom. The standard InChI is InChI=1S/C17H17ClN2O6/c1-10-6-11(20(22)23)4-5-14(10)26-9-17(21)19-13-8-15(24-2)12(18)7-16(13)25-3/h4-8H,9H2,1-3H3,(H,19,21). The molecule has 2 aromatic carbocycles. The molecule has 1 amide bonds. The van der Waals surface area contributed by atoms with Crippen molar-refractivity contribution in [2.24, 2.45) is 0 Å². The Morgan fingerprint density at radius 3 is 2.42 bits per heavy atom. The van der Waals surface area contributed by atoms with Crippen LogP contribution in [-0.4, -0.2) is 31.7 Å². The van der Waals surface area contributed by atoms with Gasteiger partial charge in [0.2, 0.25) is 0 Å². The topological polar surface area (TPSA) is 99.9 Å². The number of non-ortho nitro benzene ring substituents is 1. The van der Waals surface area contributed by atoms with Gasteiger partial charge in [0.1, 0.15) is 17.2 Å². The molecule has 0 saturated carbocycles. The normalized spacial score (nSPS) is 10.2. The maximum atomic E-state index is 12.2. The molecule has 0 aliphatic rings. The third kappa shape index (κ3) is 4.54. The predicted octanol–water partition coefficient (Wildman–Crippen LogP) is 3.59. The number of hydrogen-bond donors (Lipinski definition) is 1. The maximum absolute atomic E-state index is 12.2. The van der Waals surface area contributed by atoms with Gasteiger partial charge in [0, 0.05) is 24.3 Å². The minimum atomic E-state index is -0.496. The SMILES string of the molecule is COc1cc(NC(=O)COc2ccc([N+](=O)[O-])cc2C)c(OC)cc1Cl. The molecule has 8 nitrogen and oxygen atoms in total. The van der Waals surface area contributed by atoms with E-state index in [1.807, 2.05) is 0 Å². The number of carbonyl (C=O) groups excluding carboxylic acids is 1. The van der Waals surface area contributed by atoms with E-state index >= 15 is 0 Å². The summed E-state index contributed by atoms with van der Waals surface area (Å²) in [7, 11) is 2.91. The van der Waals surface area contributed by atoms with E-state index in [1.54, 1.807) is 6.92 Å². The van der Waals surface area contributed by atoms with Gasteiger partial charge in [-0.05, 0) is 18.6 Å². The number of rotatable bonds is 7. The van der Waals surface area contributed by atoms with Crippen molar-refractivity contribution in [2.75, 3.05) is 26.1 Å². The van der Waals surface area contributed by atoms with E-state index in [4.69, 9.17) is 25.8 Å². The van der Waals surface area contributed by atoms with Gasteiger partial charge in [-0.3, -0.25) is 14.9 Å². The Kier molecular flexibility index (Phi) is 6.24. The molecule has 9 heteroatoms. The molecule has 0 aromatic heterocycles. The Labute approximate surface area is 154 Å². The van der Waals surface area contributed by atoms with Gasteiger partial charge in [0.25, 0.3) is 11.6 Å². The van der Waals surface area contributed by atoms with Crippen molar-refractivity contribution in [1.82, 2.24) is 0 Å². The van der Waals surface area contributed by atoms with Crippen molar-refractivity contribution >= 4 is 28.9 Å². The maximum Gasteiger partial charge on any atom is 0.269 e. The fraction of sp³-hybridized carbons (Fsp3) is 0.235. The Hall–Kier alpha value is -3.00. The molecule has 0 unspecified atom stereocenters. The first kappa shape index (κ1) is 19.3. The van der Waals surface area contributed by atoms with Gasteiger partial charge in [-0.2, -0.15) is 0 Å². The predicted molar refractivity (Wildman–Crippen MR) is 96.5 cm³/mol. The molecule has 0 bridgehead atoms. The van der Waals surface area contributed by atoms with Gasteiger partial charge in [0.05, 0.1) is 29.9 Å². The lowest BCUT2D eigenvalue weighted by Crippen LogP contribution is -2.20. The summed E-state index contributed by atoms with van der Waals surface area (Å²) in [6.07, 6.45) is 0. The highest BCUT2D eigenvalue weighted by atomic mass is 35.5. The summed E-state index contributed by atoms with van der Waals surface area (Å²) in [6.45, 7) is 1.38. The molecular formula is C17H17ClN2O6. The van der Waals surface area contributed by atoms with E-state index in [9.17, 15) is 14.9 Å². The van der Waals surface area contributed by atoms with Crippen LogP contribution in [0.4, 0.5) is 11.4 Å². The van der Waals surface area contributed by atoms with Crippen molar-refractivity contribution in [1.29, 1.82) is 0 Å². The Morgan fingerprint density at radius 2 is 1.85 bits per heavy atom. The van der Waals surface area contributed by atoms with Crippen LogP contribution in [0.5, 0.6) is 17.2 Å². The second kappa shape index (κ2) is 8.39. The lowest BCUT2D eigenvalue weighted by molar-refractivity contribution is -0.384. The van der Waals surface area contributed by atoms with E-state index in [0.717, 1.165) is 0 Å². The molecule has 0 aliphatic heterocycles. The number of methoxy groups -OCH3 is 2. The first-order chi connectivity index (χ1) is 12.3. The molecular weight excluding hydrogens is 364 g/mol. The van der Waals surface area contributed by atoms with Crippen molar-refractivity contribution in [2.45, 2.75) is 6.92 Å². The third-order valence-electron chi connectivity index (χ3n) is 3.48. The number of benzene rings is 2. The quantitative estimate of drug-likeness (QED) is 0.582. The van der Waals surface area contributed by atoms with Crippen LogP contribution < -0.4 is 19.5 Å². The van der Waals surface area contributed by atoms with E-state index < -0.39 is 10.8 Å². The molecule has 26 heavy (non-hydrogen) atoms. The second-order valence-corrected chi connectivity index (χ2v) is 5.64. The van der Waals surface area contributed by atoms with Gasteiger partial charge in [-0.25, -0.2) is 0 Å². The molecule has 0 atom stereocenters. The Bertz CT molecular complexity index is 840. The van der Waals surface area contributed by atoms with Gasteiger partial charge < -0.3 is 19.5 Å². The fourth-order valence-electron chi connectivity index (χ4n) is 2.20. The number of nitrogens with zero attached hydrogens (tertiary/aromatic N) is 1. The van der Waals surface area contributed by atoms with Crippen LogP contribution in [0.15, 0.2) is 30.3 Å². The summed E-state index contributed by atoms with van der Waals surface area (Å²) in [5.41, 5.74) is 0.887. The molecule has 2 rings (SSSR count). The number of ether oxygens (including phenoxy) is 3. The van der Waals surface area contributed by atoms with E-state index in [2.05, 4.69) is 5.32 Å². The number of halogens is 1. The minimum Gasteiger partial charge on any atom is -0.495 e. The lowest BCUT2D eigenvalue weighted by atomic mass is 10.2. The van der Waals surface area contributed by atoms with Crippen LogP contribution in [0, 0.1) is 17.0 Å². The highest BCUT2D eigenvalue weighted by Crippen LogP contribution is 2.35. The number of nitro groups is 1. The first-order valence-corrected chi connectivity index (χ1v) is 7.82. The Balaban J connectivity index is 2.07. The minimum absolute atomic E-state index is 0.0442. The molecule has 138 valence electrons. The second-order valence-electron chi connectivity index (χ2n) is 5.23. The highest BCUT2D eigenvalue weighted by molar-refractivity contribution is 6.32. The molecule has 0 radical (unpaired) electrons. The van der Waals surface area contributed by atoms with Crippen molar-refractivity contribution < 1.29 is 23.9 Å². The molecule has 0 spiro atoms.